The molecule has 1 aliphatic rings. The topological polar surface area (TPSA) is 38.2 Å². The molecule has 0 saturated carbocycles. The summed E-state index contributed by atoms with van der Waals surface area (Å²) in [4.78, 5) is 10.8. The lowest BCUT2D eigenvalue weighted by atomic mass is 10.2. The lowest BCUT2D eigenvalue weighted by Gasteiger charge is -2.17. The number of hydrogen-bond acceptors (Lipinski definition) is 4. The molecular weight excluding hydrogens is 310 g/mol. The van der Waals surface area contributed by atoms with Gasteiger partial charge in [0.2, 0.25) is 0 Å². The van der Waals surface area contributed by atoms with Crippen LogP contribution in [0.5, 0.6) is 11.5 Å². The Labute approximate surface area is 139 Å². The Morgan fingerprint density at radius 2 is 1.78 bits per heavy atom. The van der Waals surface area contributed by atoms with E-state index in [2.05, 4.69) is 27.0 Å². The van der Waals surface area contributed by atoms with Crippen molar-refractivity contribution in [2.24, 2.45) is 0 Å². The van der Waals surface area contributed by atoms with Crippen LogP contribution in [0.15, 0.2) is 48.9 Å². The van der Waals surface area contributed by atoms with Crippen molar-refractivity contribution in [1.82, 2.24) is 9.97 Å². The summed E-state index contributed by atoms with van der Waals surface area (Å²) in [6, 6.07) is 10.0. The number of ether oxygens (including phenoxy) is 1. The van der Waals surface area contributed by atoms with Crippen molar-refractivity contribution in [2.75, 3.05) is 18.0 Å². The largest absolute Gasteiger partial charge is 0.457 e. The van der Waals surface area contributed by atoms with E-state index in [1.807, 2.05) is 18.2 Å². The average Bonchev–Trinajstić information content (AvgIpc) is 3.11. The lowest BCUT2D eigenvalue weighted by Crippen LogP contribution is -2.17. The maximum absolute atomic E-state index is 6.14. The molecule has 1 aromatic carbocycles. The van der Waals surface area contributed by atoms with E-state index in [0.29, 0.717) is 16.3 Å². The van der Waals surface area contributed by atoms with Crippen LogP contribution in [0.4, 0.5) is 5.69 Å². The Bertz CT molecular complexity index is 829. The summed E-state index contributed by atoms with van der Waals surface area (Å²) in [6.45, 7) is 2.28. The fourth-order valence-electron chi connectivity index (χ4n) is 2.93. The van der Waals surface area contributed by atoms with Crippen molar-refractivity contribution >= 4 is 28.2 Å². The van der Waals surface area contributed by atoms with E-state index >= 15 is 0 Å². The van der Waals surface area contributed by atoms with E-state index in [9.17, 15) is 0 Å². The van der Waals surface area contributed by atoms with Crippen molar-refractivity contribution in [3.05, 3.63) is 53.9 Å². The molecule has 3 aromatic rings. The summed E-state index contributed by atoms with van der Waals surface area (Å²) in [5, 5.41) is 1.33. The van der Waals surface area contributed by atoms with Crippen LogP contribution in [-0.2, 0) is 0 Å². The maximum atomic E-state index is 6.14. The van der Waals surface area contributed by atoms with E-state index in [-0.39, 0.29) is 0 Å². The maximum Gasteiger partial charge on any atom is 0.139 e. The number of nitrogens with zero attached hydrogens (tertiary/aromatic N) is 3. The average molecular weight is 326 g/mol. The van der Waals surface area contributed by atoms with Crippen molar-refractivity contribution < 1.29 is 4.74 Å². The molecule has 0 atom stereocenters. The smallest absolute Gasteiger partial charge is 0.139 e. The number of rotatable bonds is 3. The van der Waals surface area contributed by atoms with Crippen LogP contribution in [0.3, 0.4) is 0 Å². The molecule has 0 amide bonds. The summed E-state index contributed by atoms with van der Waals surface area (Å²) in [7, 11) is 0. The number of benzene rings is 1. The van der Waals surface area contributed by atoms with Crippen molar-refractivity contribution in [1.29, 1.82) is 0 Å². The summed E-state index contributed by atoms with van der Waals surface area (Å²) >= 11 is 6.14. The number of anilines is 1. The first-order valence-corrected chi connectivity index (χ1v) is 8.10. The summed E-state index contributed by atoms with van der Waals surface area (Å²) in [5.41, 5.74) is 1.95. The normalized spacial score (nSPS) is 14.4. The van der Waals surface area contributed by atoms with Crippen LogP contribution in [0, 0.1) is 0 Å². The Morgan fingerprint density at radius 1 is 1.00 bits per heavy atom. The molecule has 0 bridgehead atoms. The van der Waals surface area contributed by atoms with Crippen LogP contribution in [0.1, 0.15) is 12.8 Å². The molecule has 0 N–H and O–H groups in total. The van der Waals surface area contributed by atoms with Gasteiger partial charge in [0.15, 0.2) is 0 Å². The first-order chi connectivity index (χ1) is 11.3. The quantitative estimate of drug-likeness (QED) is 0.701. The minimum atomic E-state index is 0.525. The van der Waals surface area contributed by atoms with E-state index in [1.54, 1.807) is 18.6 Å². The second-order valence-electron chi connectivity index (χ2n) is 5.62. The van der Waals surface area contributed by atoms with Gasteiger partial charge in [-0.2, -0.15) is 0 Å². The minimum Gasteiger partial charge on any atom is -0.457 e. The molecule has 0 radical (unpaired) electrons. The predicted molar refractivity (Wildman–Crippen MR) is 92.5 cm³/mol. The van der Waals surface area contributed by atoms with E-state index in [0.717, 1.165) is 24.2 Å². The minimum absolute atomic E-state index is 0.525. The summed E-state index contributed by atoms with van der Waals surface area (Å²) < 4.78 is 6.01. The molecule has 3 heterocycles. The SMILES string of the molecule is Clc1cncc2c(Oc3ccc(N4CCCC4)cc3)ccnc12. The van der Waals surface area contributed by atoms with Gasteiger partial charge in [-0.15, -0.1) is 0 Å². The van der Waals surface area contributed by atoms with Gasteiger partial charge in [0.1, 0.15) is 11.5 Å². The Kier molecular flexibility index (Phi) is 3.75. The zero-order valence-electron chi connectivity index (χ0n) is 12.6. The first-order valence-electron chi connectivity index (χ1n) is 7.72. The fraction of sp³-hybridized carbons (Fsp3) is 0.222. The molecule has 0 spiro atoms. The van der Waals surface area contributed by atoms with Gasteiger partial charge in [-0.25, -0.2) is 0 Å². The van der Waals surface area contributed by atoms with Crippen LogP contribution < -0.4 is 9.64 Å². The molecule has 0 aliphatic carbocycles. The number of fused-ring (bicyclic) bond motifs is 1. The highest BCUT2D eigenvalue weighted by atomic mass is 35.5. The standard InChI is InChI=1S/C18H16ClN3O/c19-16-12-20-11-15-17(7-8-21-18(15)16)23-14-5-3-13(4-6-14)22-9-1-2-10-22/h3-8,11-12H,1-2,9-10H2. The summed E-state index contributed by atoms with van der Waals surface area (Å²) in [5.74, 6) is 1.50. The molecule has 116 valence electrons. The van der Waals surface area contributed by atoms with Gasteiger partial charge in [0.25, 0.3) is 0 Å². The van der Waals surface area contributed by atoms with E-state index in [4.69, 9.17) is 16.3 Å². The molecule has 2 aromatic heterocycles. The zero-order valence-corrected chi connectivity index (χ0v) is 13.3. The number of hydrogen-bond donors (Lipinski definition) is 0. The van der Waals surface area contributed by atoms with Gasteiger partial charge < -0.3 is 9.64 Å². The highest BCUT2D eigenvalue weighted by Gasteiger charge is 2.12. The van der Waals surface area contributed by atoms with Crippen molar-refractivity contribution in [3.8, 4) is 11.5 Å². The Hall–Kier alpha value is -2.33. The molecule has 23 heavy (non-hydrogen) atoms. The molecule has 5 heteroatoms. The first kappa shape index (κ1) is 14.3. The van der Waals surface area contributed by atoms with Crippen molar-refractivity contribution in [2.45, 2.75) is 12.8 Å². The molecule has 0 unspecified atom stereocenters. The van der Waals surface area contributed by atoms with Gasteiger partial charge in [0, 0.05) is 37.4 Å². The second kappa shape index (κ2) is 6.05. The third-order valence-corrected chi connectivity index (χ3v) is 4.38. The number of aromatic nitrogens is 2. The van der Waals surface area contributed by atoms with Gasteiger partial charge in [-0.3, -0.25) is 9.97 Å². The van der Waals surface area contributed by atoms with Crippen LogP contribution >= 0.6 is 11.6 Å². The van der Waals surface area contributed by atoms with Gasteiger partial charge in [-0.05, 0) is 43.2 Å². The van der Waals surface area contributed by atoms with Gasteiger partial charge in [-0.1, -0.05) is 11.6 Å². The Morgan fingerprint density at radius 3 is 2.57 bits per heavy atom. The second-order valence-corrected chi connectivity index (χ2v) is 6.02. The molecule has 1 aliphatic heterocycles. The van der Waals surface area contributed by atoms with E-state index < -0.39 is 0 Å². The third kappa shape index (κ3) is 2.82. The van der Waals surface area contributed by atoms with Crippen molar-refractivity contribution in [3.63, 3.8) is 0 Å². The molecule has 4 nitrogen and oxygen atoms in total. The molecular formula is C18H16ClN3O. The number of pyridine rings is 2. The molecule has 1 saturated heterocycles. The molecule has 1 fully saturated rings. The number of halogens is 1. The predicted octanol–water partition coefficient (Wildman–Crippen LogP) is 4.68. The fourth-order valence-corrected chi connectivity index (χ4v) is 3.13. The monoisotopic (exact) mass is 325 g/mol. The van der Waals surface area contributed by atoms with Gasteiger partial charge in [0.05, 0.1) is 15.9 Å². The van der Waals surface area contributed by atoms with Crippen LogP contribution in [0.2, 0.25) is 5.02 Å². The van der Waals surface area contributed by atoms with Gasteiger partial charge >= 0.3 is 0 Å². The Balaban J connectivity index is 1.62. The lowest BCUT2D eigenvalue weighted by molar-refractivity contribution is 0.488. The highest BCUT2D eigenvalue weighted by Crippen LogP contribution is 2.32. The third-order valence-electron chi connectivity index (χ3n) is 4.10. The zero-order chi connectivity index (χ0) is 15.6. The van der Waals surface area contributed by atoms with Crippen LogP contribution in [-0.4, -0.2) is 23.1 Å². The summed E-state index contributed by atoms with van der Waals surface area (Å²) in [6.07, 6.45) is 7.56. The van der Waals surface area contributed by atoms with Crippen LogP contribution in [0.25, 0.3) is 10.9 Å². The van der Waals surface area contributed by atoms with E-state index in [1.165, 1.54) is 18.5 Å². The molecule has 4 rings (SSSR count). The highest BCUT2D eigenvalue weighted by molar-refractivity contribution is 6.35.